The molecule has 4 aromatic rings. The number of hydrogen-bond donors (Lipinski definition) is 1. The van der Waals surface area contributed by atoms with Gasteiger partial charge in [0.2, 0.25) is 0 Å². The van der Waals surface area contributed by atoms with Gasteiger partial charge in [0.25, 0.3) is 5.56 Å². The molecule has 31 heavy (non-hydrogen) atoms. The van der Waals surface area contributed by atoms with Crippen molar-refractivity contribution in [1.82, 2.24) is 14.4 Å². The molecule has 8 nitrogen and oxygen atoms in total. The van der Waals surface area contributed by atoms with Crippen molar-refractivity contribution in [3.05, 3.63) is 76.9 Å². The Hall–Kier alpha value is -4.20. The summed E-state index contributed by atoms with van der Waals surface area (Å²) in [5.41, 5.74) is 1.79. The fourth-order valence-corrected chi connectivity index (χ4v) is 3.19. The van der Waals surface area contributed by atoms with E-state index in [9.17, 15) is 9.59 Å². The number of pyridine rings is 2. The van der Waals surface area contributed by atoms with Gasteiger partial charge in [-0.15, -0.1) is 0 Å². The lowest BCUT2D eigenvalue weighted by Crippen LogP contribution is -2.20. The molecule has 3 heterocycles. The Labute approximate surface area is 177 Å². The maximum atomic E-state index is 13.2. The zero-order chi connectivity index (χ0) is 21.8. The minimum Gasteiger partial charge on any atom is -0.493 e. The molecule has 1 N–H and O–H groups in total. The Balaban J connectivity index is 1.86. The van der Waals surface area contributed by atoms with Gasteiger partial charge >= 0.3 is 5.97 Å². The Morgan fingerprint density at radius 1 is 1.23 bits per heavy atom. The number of aromatic nitrogens is 3. The molecule has 0 unspecified atom stereocenters. The fraction of sp³-hybridized carbons (Fsp3) is 0.130. The van der Waals surface area contributed by atoms with E-state index >= 15 is 0 Å². The number of rotatable bonds is 6. The standard InChI is InChI=1S/C23H20N4O4/c1-3-31-20(28)11-9-17-21(25-16-8-10-18-15(14-16)6-4-12-24-18)26-22-19(30-2)7-5-13-27(22)23(17)29/h4-14,25H,3H2,1-2H3. The molecule has 0 saturated heterocycles. The normalized spacial score (nSPS) is 11.2. The third-order valence-corrected chi connectivity index (χ3v) is 4.61. The second kappa shape index (κ2) is 8.66. The van der Waals surface area contributed by atoms with Gasteiger partial charge in [-0.1, -0.05) is 6.07 Å². The average Bonchev–Trinajstić information content (AvgIpc) is 2.78. The SMILES string of the molecule is CCOC(=O)C=Cc1c(Nc2ccc3ncccc3c2)nc2c(OC)cccn2c1=O. The minimum absolute atomic E-state index is 0.213. The van der Waals surface area contributed by atoms with Crippen LogP contribution in [0.5, 0.6) is 5.75 Å². The fourth-order valence-electron chi connectivity index (χ4n) is 3.19. The van der Waals surface area contributed by atoms with E-state index in [-0.39, 0.29) is 17.7 Å². The molecule has 4 rings (SSSR count). The van der Waals surface area contributed by atoms with Crippen molar-refractivity contribution in [2.75, 3.05) is 19.0 Å². The lowest BCUT2D eigenvalue weighted by molar-refractivity contribution is -0.137. The third-order valence-electron chi connectivity index (χ3n) is 4.61. The van der Waals surface area contributed by atoms with Gasteiger partial charge in [-0.2, -0.15) is 0 Å². The van der Waals surface area contributed by atoms with Gasteiger partial charge in [0.15, 0.2) is 11.4 Å². The largest absolute Gasteiger partial charge is 0.493 e. The number of hydrogen-bond acceptors (Lipinski definition) is 7. The van der Waals surface area contributed by atoms with Crippen molar-refractivity contribution >= 4 is 40.1 Å². The molecule has 0 fully saturated rings. The van der Waals surface area contributed by atoms with Gasteiger partial charge in [-0.3, -0.25) is 14.2 Å². The summed E-state index contributed by atoms with van der Waals surface area (Å²) in [6, 6.07) is 12.8. The first-order chi connectivity index (χ1) is 15.1. The van der Waals surface area contributed by atoms with E-state index in [1.54, 1.807) is 31.5 Å². The second-order valence-corrected chi connectivity index (χ2v) is 6.57. The quantitative estimate of drug-likeness (QED) is 0.379. The van der Waals surface area contributed by atoms with Gasteiger partial charge in [0, 0.05) is 29.5 Å². The number of esters is 1. The third kappa shape index (κ3) is 4.09. The highest BCUT2D eigenvalue weighted by Gasteiger charge is 2.14. The van der Waals surface area contributed by atoms with Crippen molar-refractivity contribution in [3.63, 3.8) is 0 Å². The van der Waals surface area contributed by atoms with Crippen LogP contribution in [0.4, 0.5) is 11.5 Å². The van der Waals surface area contributed by atoms with E-state index in [1.807, 2.05) is 30.3 Å². The Morgan fingerprint density at radius 3 is 2.90 bits per heavy atom. The smallest absolute Gasteiger partial charge is 0.330 e. The molecule has 156 valence electrons. The average molecular weight is 416 g/mol. The van der Waals surface area contributed by atoms with Crippen LogP contribution in [0, 0.1) is 0 Å². The molecule has 0 bridgehead atoms. The van der Waals surface area contributed by atoms with Crippen LogP contribution in [0.3, 0.4) is 0 Å². The number of carbonyl (C=O) groups is 1. The molecule has 0 aliphatic carbocycles. The van der Waals surface area contributed by atoms with Gasteiger partial charge in [-0.25, -0.2) is 9.78 Å². The predicted octanol–water partition coefficient (Wildman–Crippen LogP) is 3.57. The van der Waals surface area contributed by atoms with E-state index in [0.29, 0.717) is 17.2 Å². The topological polar surface area (TPSA) is 94.8 Å². The maximum absolute atomic E-state index is 13.2. The number of fused-ring (bicyclic) bond motifs is 2. The highest BCUT2D eigenvalue weighted by molar-refractivity contribution is 5.89. The Kier molecular flexibility index (Phi) is 5.61. The highest BCUT2D eigenvalue weighted by Crippen LogP contribution is 2.24. The first-order valence-corrected chi connectivity index (χ1v) is 9.66. The summed E-state index contributed by atoms with van der Waals surface area (Å²) in [6.07, 6.45) is 5.94. The molecule has 3 aromatic heterocycles. The van der Waals surface area contributed by atoms with Crippen molar-refractivity contribution in [2.45, 2.75) is 6.92 Å². The van der Waals surface area contributed by atoms with Gasteiger partial charge in [0.1, 0.15) is 5.82 Å². The van der Waals surface area contributed by atoms with Crippen LogP contribution >= 0.6 is 0 Å². The summed E-state index contributed by atoms with van der Waals surface area (Å²) in [5.74, 6) is 0.199. The molecule has 0 aliphatic heterocycles. The summed E-state index contributed by atoms with van der Waals surface area (Å²) in [4.78, 5) is 34.0. The lowest BCUT2D eigenvalue weighted by Gasteiger charge is -2.13. The van der Waals surface area contributed by atoms with Gasteiger partial charge < -0.3 is 14.8 Å². The Morgan fingerprint density at radius 2 is 2.10 bits per heavy atom. The molecule has 1 aromatic carbocycles. The first-order valence-electron chi connectivity index (χ1n) is 9.66. The zero-order valence-corrected chi connectivity index (χ0v) is 17.0. The molecule has 0 radical (unpaired) electrons. The zero-order valence-electron chi connectivity index (χ0n) is 17.0. The monoisotopic (exact) mass is 416 g/mol. The van der Waals surface area contributed by atoms with Crippen LogP contribution in [0.15, 0.2) is 65.7 Å². The van der Waals surface area contributed by atoms with Crippen molar-refractivity contribution < 1.29 is 14.3 Å². The number of carbonyl (C=O) groups excluding carboxylic acids is 1. The van der Waals surface area contributed by atoms with Crippen LogP contribution in [-0.4, -0.2) is 34.1 Å². The van der Waals surface area contributed by atoms with Crippen molar-refractivity contribution in [1.29, 1.82) is 0 Å². The molecule has 0 amide bonds. The number of ether oxygens (including phenoxy) is 2. The molecule has 0 atom stereocenters. The second-order valence-electron chi connectivity index (χ2n) is 6.57. The maximum Gasteiger partial charge on any atom is 0.330 e. The van der Waals surface area contributed by atoms with E-state index < -0.39 is 5.97 Å². The van der Waals surface area contributed by atoms with Crippen LogP contribution in [0.2, 0.25) is 0 Å². The number of methoxy groups -OCH3 is 1. The summed E-state index contributed by atoms with van der Waals surface area (Å²) >= 11 is 0. The predicted molar refractivity (Wildman–Crippen MR) is 119 cm³/mol. The molecule has 0 saturated carbocycles. The number of nitrogens with zero attached hydrogens (tertiary/aromatic N) is 3. The van der Waals surface area contributed by atoms with E-state index in [0.717, 1.165) is 16.6 Å². The van der Waals surface area contributed by atoms with Crippen molar-refractivity contribution in [2.24, 2.45) is 0 Å². The van der Waals surface area contributed by atoms with Gasteiger partial charge in [0.05, 0.1) is 24.8 Å². The van der Waals surface area contributed by atoms with Crippen LogP contribution in [0.25, 0.3) is 22.6 Å². The van der Waals surface area contributed by atoms with E-state index in [2.05, 4.69) is 15.3 Å². The van der Waals surface area contributed by atoms with E-state index in [4.69, 9.17) is 9.47 Å². The first kappa shape index (κ1) is 20.1. The summed E-state index contributed by atoms with van der Waals surface area (Å²) in [7, 11) is 1.51. The molecular formula is C23H20N4O4. The van der Waals surface area contributed by atoms with Crippen molar-refractivity contribution in [3.8, 4) is 5.75 Å². The lowest BCUT2D eigenvalue weighted by atomic mass is 10.2. The summed E-state index contributed by atoms with van der Waals surface area (Å²) in [6.45, 7) is 1.96. The minimum atomic E-state index is -0.541. The Bertz CT molecular complexity index is 1360. The summed E-state index contributed by atoms with van der Waals surface area (Å²) < 4.78 is 11.7. The van der Waals surface area contributed by atoms with Gasteiger partial charge in [-0.05, 0) is 49.4 Å². The van der Waals surface area contributed by atoms with Crippen LogP contribution in [-0.2, 0) is 9.53 Å². The van der Waals surface area contributed by atoms with Crippen LogP contribution in [0.1, 0.15) is 12.5 Å². The van der Waals surface area contributed by atoms with E-state index in [1.165, 1.54) is 23.7 Å². The number of anilines is 2. The molecular weight excluding hydrogens is 396 g/mol. The number of benzene rings is 1. The molecule has 0 aliphatic rings. The molecule has 8 heteroatoms. The number of nitrogens with one attached hydrogen (secondary N) is 1. The highest BCUT2D eigenvalue weighted by atomic mass is 16.5. The summed E-state index contributed by atoms with van der Waals surface area (Å²) in [5, 5.41) is 4.13. The van der Waals surface area contributed by atoms with Crippen LogP contribution < -0.4 is 15.6 Å². The molecule has 0 spiro atoms.